The van der Waals surface area contributed by atoms with Gasteiger partial charge in [-0.05, 0) is 85.4 Å². The lowest BCUT2D eigenvalue weighted by Gasteiger charge is -2.43. The summed E-state index contributed by atoms with van der Waals surface area (Å²) in [5.41, 5.74) is 0. The first-order valence-corrected chi connectivity index (χ1v) is 11.8. The van der Waals surface area contributed by atoms with E-state index in [0.29, 0.717) is 30.1 Å². The Bertz CT molecular complexity index is 852. The molecule has 11 unspecified atom stereocenters. The van der Waals surface area contributed by atoms with Gasteiger partial charge in [0.2, 0.25) is 0 Å². The van der Waals surface area contributed by atoms with Gasteiger partial charge in [-0.3, -0.25) is 0 Å². The van der Waals surface area contributed by atoms with E-state index in [-0.39, 0.29) is 30.1 Å². The number of rotatable bonds is 4. The summed E-state index contributed by atoms with van der Waals surface area (Å²) in [6.45, 7) is 0. The van der Waals surface area contributed by atoms with Gasteiger partial charge in [0.25, 0.3) is 0 Å². The van der Waals surface area contributed by atoms with Crippen molar-refractivity contribution in [1.29, 1.82) is 0 Å². The number of aldehydes is 1. The lowest BCUT2D eigenvalue weighted by atomic mass is 9.67. The number of hydrogen-bond acceptors (Lipinski definition) is 4. The number of alkyl halides is 5. The first-order valence-electron chi connectivity index (χ1n) is 11.8. The van der Waals surface area contributed by atoms with Crippen LogP contribution in [0, 0.1) is 59.2 Å². The van der Waals surface area contributed by atoms with E-state index in [2.05, 4.69) is 18.2 Å². The molecular formula is C24H29F5O4. The second-order valence-electron chi connectivity index (χ2n) is 11.0. The predicted molar refractivity (Wildman–Crippen MR) is 107 cm³/mol. The first-order chi connectivity index (χ1) is 15.4. The van der Waals surface area contributed by atoms with E-state index in [9.17, 15) is 31.9 Å². The monoisotopic (exact) mass is 476 g/mol. The fraction of sp³-hybridized carbons (Fsp3) is 0.792. The van der Waals surface area contributed by atoms with Crippen molar-refractivity contribution in [3.63, 3.8) is 0 Å². The summed E-state index contributed by atoms with van der Waals surface area (Å²) in [5.74, 6) is -8.67. The molecule has 0 heterocycles. The van der Waals surface area contributed by atoms with E-state index in [1.54, 1.807) is 0 Å². The van der Waals surface area contributed by atoms with E-state index in [1.165, 1.54) is 6.42 Å². The van der Waals surface area contributed by atoms with Crippen LogP contribution in [0.2, 0.25) is 0 Å². The van der Waals surface area contributed by atoms with Crippen molar-refractivity contribution in [3.05, 3.63) is 24.3 Å². The number of aliphatic hydroxyl groups excluding tert-OH is 1. The molecule has 0 amide bonds. The van der Waals surface area contributed by atoms with Crippen LogP contribution in [0.4, 0.5) is 22.0 Å². The molecule has 4 saturated carbocycles. The van der Waals surface area contributed by atoms with Gasteiger partial charge in [-0.25, -0.2) is 0 Å². The average molecular weight is 476 g/mol. The third kappa shape index (κ3) is 3.36. The van der Waals surface area contributed by atoms with Crippen molar-refractivity contribution in [2.75, 3.05) is 0 Å². The van der Waals surface area contributed by atoms with E-state index in [0.717, 1.165) is 25.0 Å². The minimum atomic E-state index is -5.95. The number of fused-ring (bicyclic) bond motifs is 11. The Morgan fingerprint density at radius 1 is 0.818 bits per heavy atom. The van der Waals surface area contributed by atoms with Crippen LogP contribution in [0.15, 0.2) is 24.3 Å². The Balaban J connectivity index is 0.000000211. The van der Waals surface area contributed by atoms with Gasteiger partial charge in [-0.15, -0.1) is 0 Å². The van der Waals surface area contributed by atoms with Gasteiger partial charge in [0.1, 0.15) is 12.4 Å². The van der Waals surface area contributed by atoms with Crippen LogP contribution in [-0.4, -0.2) is 45.6 Å². The minimum Gasteiger partial charge on any atom is -0.386 e. The summed E-state index contributed by atoms with van der Waals surface area (Å²) in [4.78, 5) is 10.4. The zero-order valence-corrected chi connectivity index (χ0v) is 17.9. The highest BCUT2D eigenvalue weighted by Crippen LogP contribution is 2.68. The van der Waals surface area contributed by atoms with Gasteiger partial charge in [-0.1, -0.05) is 24.3 Å². The summed E-state index contributed by atoms with van der Waals surface area (Å²) in [6.07, 6.45) is 5.23. The van der Waals surface area contributed by atoms with Gasteiger partial charge >= 0.3 is 17.9 Å². The molecule has 4 fully saturated rings. The second kappa shape index (κ2) is 7.59. The Morgan fingerprint density at radius 3 is 1.97 bits per heavy atom. The molecule has 0 spiro atoms. The average Bonchev–Trinajstić information content (AvgIpc) is 3.57. The molecule has 6 rings (SSSR count). The van der Waals surface area contributed by atoms with Gasteiger partial charge < -0.3 is 20.1 Å². The molecule has 0 saturated heterocycles. The van der Waals surface area contributed by atoms with E-state index >= 15 is 0 Å². The van der Waals surface area contributed by atoms with Gasteiger partial charge in [0, 0.05) is 5.92 Å². The molecular weight excluding hydrogens is 447 g/mol. The lowest BCUT2D eigenvalue weighted by Crippen LogP contribution is -2.65. The normalized spacial score (nSPS) is 45.3. The van der Waals surface area contributed by atoms with Crippen molar-refractivity contribution in [3.8, 4) is 0 Å². The Hall–Kier alpha value is -1.32. The van der Waals surface area contributed by atoms with Crippen molar-refractivity contribution >= 4 is 6.29 Å². The number of carbonyl (C=O) groups excluding carboxylic acids is 1. The third-order valence-corrected chi connectivity index (χ3v) is 9.46. The molecule has 0 aromatic heterocycles. The molecule has 6 aliphatic carbocycles. The molecule has 0 aromatic carbocycles. The highest BCUT2D eigenvalue weighted by Gasteiger charge is 2.74. The van der Waals surface area contributed by atoms with Crippen LogP contribution in [0.1, 0.15) is 32.1 Å². The summed E-state index contributed by atoms with van der Waals surface area (Å²) in [5, 5.41) is 28.0. The Labute approximate surface area is 188 Å². The fourth-order valence-corrected chi connectivity index (χ4v) is 8.07. The third-order valence-electron chi connectivity index (χ3n) is 9.46. The van der Waals surface area contributed by atoms with Crippen molar-refractivity contribution in [1.82, 2.24) is 0 Å². The maximum Gasteiger partial charge on any atom is 0.449 e. The number of carbonyl (C=O) groups is 1. The van der Waals surface area contributed by atoms with Crippen LogP contribution in [0.25, 0.3) is 0 Å². The highest BCUT2D eigenvalue weighted by atomic mass is 19.4. The molecule has 0 radical (unpaired) electrons. The zero-order valence-electron chi connectivity index (χ0n) is 17.9. The zero-order chi connectivity index (χ0) is 23.9. The largest absolute Gasteiger partial charge is 0.449 e. The van der Waals surface area contributed by atoms with E-state index in [4.69, 9.17) is 10.2 Å². The van der Waals surface area contributed by atoms with Crippen LogP contribution < -0.4 is 0 Å². The van der Waals surface area contributed by atoms with Crippen molar-refractivity contribution in [2.45, 2.75) is 56.1 Å². The Morgan fingerprint density at radius 2 is 1.45 bits per heavy atom. The number of hydrogen-bond donors (Lipinski definition) is 3. The van der Waals surface area contributed by atoms with Gasteiger partial charge in [0.15, 0.2) is 0 Å². The number of halogens is 5. The summed E-state index contributed by atoms with van der Waals surface area (Å²) >= 11 is 0. The van der Waals surface area contributed by atoms with E-state index < -0.39 is 29.9 Å². The molecule has 184 valence electrons. The molecule has 11 atom stereocenters. The quantitative estimate of drug-likeness (QED) is 0.190. The van der Waals surface area contributed by atoms with Crippen molar-refractivity contribution in [2.24, 2.45) is 59.2 Å². The minimum absolute atomic E-state index is 0.117. The van der Waals surface area contributed by atoms with Crippen LogP contribution in [0.5, 0.6) is 0 Å². The molecule has 33 heavy (non-hydrogen) atoms. The predicted octanol–water partition coefficient (Wildman–Crippen LogP) is 3.72. The fourth-order valence-electron chi connectivity index (χ4n) is 8.07. The highest BCUT2D eigenvalue weighted by molar-refractivity contribution is 5.56. The first kappa shape index (κ1) is 23.4. The maximum absolute atomic E-state index is 14.1. The standard InChI is InChI=1S/C16H19F5O3.C8H10O/c17-14(18,15(23,24)16(19,20)21)13(22)10-5-8-4-9(10)12-7-2-1-6(3-7)11(8)12;9-5-8-4-6-1-2-7(8)3-6/h1-2,6-13,22-24H,3-5H2;1-2,5-8H,3-4H2. The van der Waals surface area contributed by atoms with Crippen molar-refractivity contribution < 1.29 is 42.1 Å². The molecule has 0 aromatic rings. The van der Waals surface area contributed by atoms with Crippen LogP contribution in [0.3, 0.4) is 0 Å². The molecule has 3 N–H and O–H groups in total. The summed E-state index contributed by atoms with van der Waals surface area (Å²) < 4.78 is 66.0. The molecule has 6 aliphatic rings. The number of allylic oxidation sites excluding steroid dienone is 4. The topological polar surface area (TPSA) is 77.8 Å². The van der Waals surface area contributed by atoms with Gasteiger partial charge in [0.05, 0.1) is 0 Å². The van der Waals surface area contributed by atoms with E-state index in [1.807, 2.05) is 6.08 Å². The smallest absolute Gasteiger partial charge is 0.386 e. The lowest BCUT2D eigenvalue weighted by molar-refractivity contribution is -0.432. The molecule has 6 bridgehead atoms. The summed E-state index contributed by atoms with van der Waals surface area (Å²) in [7, 11) is 0. The SMILES string of the molecule is O=CC1CC2C=CC1C2.OC(C1CC2CC1C1C3C=CC(C3)C21)C(F)(F)C(O)(O)C(F)(F)F. The number of aliphatic hydroxyl groups is 3. The maximum atomic E-state index is 14.1. The molecule has 0 aliphatic heterocycles. The Kier molecular flexibility index (Phi) is 5.39. The van der Waals surface area contributed by atoms with Crippen LogP contribution in [-0.2, 0) is 4.79 Å². The molecule has 9 heteroatoms. The second-order valence-corrected chi connectivity index (χ2v) is 11.0. The van der Waals surface area contributed by atoms with Gasteiger partial charge in [-0.2, -0.15) is 22.0 Å². The molecule has 4 nitrogen and oxygen atoms in total. The summed E-state index contributed by atoms with van der Waals surface area (Å²) in [6, 6.07) is 0. The van der Waals surface area contributed by atoms with Crippen LogP contribution >= 0.6 is 0 Å².